The highest BCUT2D eigenvalue weighted by atomic mass is 79.9. The minimum Gasteiger partial charge on any atom is -0.467 e. The van der Waals surface area contributed by atoms with Crippen LogP contribution in [0.3, 0.4) is 0 Å². The number of benzene rings is 1. The predicted octanol–water partition coefficient (Wildman–Crippen LogP) is 2.22. The fourth-order valence-corrected chi connectivity index (χ4v) is 2.17. The lowest BCUT2D eigenvalue weighted by atomic mass is 10.3. The maximum absolute atomic E-state index is 11.6. The van der Waals surface area contributed by atoms with Crippen LogP contribution >= 0.6 is 27.7 Å². The van der Waals surface area contributed by atoms with Crippen LogP contribution in [0, 0.1) is 0 Å². The van der Waals surface area contributed by atoms with Gasteiger partial charge in [-0.1, -0.05) is 15.9 Å². The lowest BCUT2D eigenvalue weighted by Gasteiger charge is -2.11. The molecule has 1 amide bonds. The Morgan fingerprint density at radius 1 is 1.39 bits per heavy atom. The highest BCUT2D eigenvalue weighted by Gasteiger charge is 2.15. The number of thioether (sulfide) groups is 1. The molecule has 1 aromatic carbocycles. The second-order valence-corrected chi connectivity index (χ2v) is 5.52. The normalized spacial score (nSPS) is 11.7. The number of amides is 1. The van der Waals surface area contributed by atoms with Gasteiger partial charge in [-0.3, -0.25) is 4.79 Å². The SMILES string of the molecule is COC(=O)C(C)NC(=O)CSc1ccc(Br)cc1. The Hall–Kier alpha value is -1.01. The van der Waals surface area contributed by atoms with Gasteiger partial charge >= 0.3 is 5.97 Å². The molecule has 0 spiro atoms. The van der Waals surface area contributed by atoms with Crippen LogP contribution in [0.15, 0.2) is 33.6 Å². The molecule has 4 nitrogen and oxygen atoms in total. The van der Waals surface area contributed by atoms with Crippen LogP contribution < -0.4 is 5.32 Å². The van der Waals surface area contributed by atoms with E-state index in [1.165, 1.54) is 18.9 Å². The lowest BCUT2D eigenvalue weighted by Crippen LogP contribution is -2.40. The van der Waals surface area contributed by atoms with E-state index in [0.29, 0.717) is 0 Å². The number of esters is 1. The number of nitrogens with one attached hydrogen (secondary N) is 1. The van der Waals surface area contributed by atoms with Crippen molar-refractivity contribution in [1.29, 1.82) is 0 Å². The van der Waals surface area contributed by atoms with E-state index in [2.05, 4.69) is 26.0 Å². The number of ether oxygens (including phenoxy) is 1. The first-order valence-electron chi connectivity index (χ1n) is 5.28. The quantitative estimate of drug-likeness (QED) is 0.664. The summed E-state index contributed by atoms with van der Waals surface area (Å²) >= 11 is 4.76. The molecule has 1 rings (SSSR count). The molecule has 1 unspecified atom stereocenters. The summed E-state index contributed by atoms with van der Waals surface area (Å²) in [6.45, 7) is 1.59. The van der Waals surface area contributed by atoms with Crippen LogP contribution in [-0.4, -0.2) is 30.8 Å². The molecule has 0 aromatic heterocycles. The Morgan fingerprint density at radius 3 is 2.56 bits per heavy atom. The summed E-state index contributed by atoms with van der Waals surface area (Å²) in [5, 5.41) is 2.57. The maximum atomic E-state index is 11.6. The van der Waals surface area contributed by atoms with Gasteiger partial charge in [-0.2, -0.15) is 0 Å². The van der Waals surface area contributed by atoms with E-state index in [1.807, 2.05) is 24.3 Å². The third-order valence-electron chi connectivity index (χ3n) is 2.12. The molecule has 0 saturated heterocycles. The molecule has 0 aliphatic rings. The summed E-state index contributed by atoms with van der Waals surface area (Å²) in [6.07, 6.45) is 0. The van der Waals surface area contributed by atoms with Crippen LogP contribution in [0.2, 0.25) is 0 Å². The molecule has 0 radical (unpaired) electrons. The minimum atomic E-state index is -0.618. The lowest BCUT2D eigenvalue weighted by molar-refractivity contribution is -0.144. The summed E-state index contributed by atoms with van der Waals surface area (Å²) < 4.78 is 5.52. The highest BCUT2D eigenvalue weighted by molar-refractivity contribution is 9.10. The zero-order chi connectivity index (χ0) is 13.5. The Balaban J connectivity index is 2.37. The van der Waals surface area contributed by atoms with Gasteiger partial charge in [-0.15, -0.1) is 11.8 Å². The van der Waals surface area contributed by atoms with Gasteiger partial charge in [0.2, 0.25) is 5.91 Å². The van der Waals surface area contributed by atoms with Crippen molar-refractivity contribution in [2.24, 2.45) is 0 Å². The molecule has 98 valence electrons. The molecule has 0 heterocycles. The number of halogens is 1. The van der Waals surface area contributed by atoms with E-state index < -0.39 is 12.0 Å². The largest absolute Gasteiger partial charge is 0.467 e. The number of hydrogen-bond donors (Lipinski definition) is 1. The topological polar surface area (TPSA) is 55.4 Å². The Bertz CT molecular complexity index is 422. The van der Waals surface area contributed by atoms with Gasteiger partial charge in [-0.05, 0) is 31.2 Å². The van der Waals surface area contributed by atoms with E-state index >= 15 is 0 Å². The summed E-state index contributed by atoms with van der Waals surface area (Å²) in [7, 11) is 1.29. The predicted molar refractivity (Wildman–Crippen MR) is 74.5 cm³/mol. The van der Waals surface area contributed by atoms with Gasteiger partial charge in [0.15, 0.2) is 0 Å². The first-order chi connectivity index (χ1) is 8.52. The number of hydrogen-bond acceptors (Lipinski definition) is 4. The van der Waals surface area contributed by atoms with Gasteiger partial charge in [0, 0.05) is 9.37 Å². The van der Waals surface area contributed by atoms with E-state index in [0.717, 1.165) is 9.37 Å². The van der Waals surface area contributed by atoms with Crippen LogP contribution in [0.25, 0.3) is 0 Å². The van der Waals surface area contributed by atoms with Crippen LogP contribution in [0.4, 0.5) is 0 Å². The van der Waals surface area contributed by atoms with E-state index in [-0.39, 0.29) is 11.7 Å². The van der Waals surface area contributed by atoms with Crippen molar-refractivity contribution >= 4 is 39.6 Å². The van der Waals surface area contributed by atoms with Crippen LogP contribution in [0.5, 0.6) is 0 Å². The van der Waals surface area contributed by atoms with Crippen LogP contribution in [-0.2, 0) is 14.3 Å². The van der Waals surface area contributed by atoms with Crippen molar-refractivity contribution < 1.29 is 14.3 Å². The molecule has 1 N–H and O–H groups in total. The third kappa shape index (κ3) is 5.10. The average molecular weight is 332 g/mol. The highest BCUT2D eigenvalue weighted by Crippen LogP contribution is 2.20. The third-order valence-corrected chi connectivity index (χ3v) is 3.66. The van der Waals surface area contributed by atoms with Crippen molar-refractivity contribution in [2.75, 3.05) is 12.9 Å². The van der Waals surface area contributed by atoms with Gasteiger partial charge in [-0.25, -0.2) is 4.79 Å². The summed E-state index contributed by atoms with van der Waals surface area (Å²) in [5.41, 5.74) is 0. The van der Waals surface area contributed by atoms with Crippen molar-refractivity contribution in [3.8, 4) is 0 Å². The van der Waals surface area contributed by atoms with Crippen molar-refractivity contribution in [3.63, 3.8) is 0 Å². The first-order valence-corrected chi connectivity index (χ1v) is 7.06. The number of carbonyl (C=O) groups is 2. The average Bonchev–Trinajstić information content (AvgIpc) is 2.37. The van der Waals surface area contributed by atoms with Gasteiger partial charge in [0.1, 0.15) is 6.04 Å². The zero-order valence-electron chi connectivity index (χ0n) is 10.1. The molecular formula is C12H14BrNO3S. The Kier molecular flexibility index (Phi) is 6.21. The van der Waals surface area contributed by atoms with Crippen molar-refractivity contribution in [3.05, 3.63) is 28.7 Å². The summed E-state index contributed by atoms with van der Waals surface area (Å²) in [4.78, 5) is 23.7. The zero-order valence-corrected chi connectivity index (χ0v) is 12.5. The van der Waals surface area contributed by atoms with Gasteiger partial charge < -0.3 is 10.1 Å². The fraction of sp³-hybridized carbons (Fsp3) is 0.333. The summed E-state index contributed by atoms with van der Waals surface area (Å²) in [6, 6.07) is 7.06. The maximum Gasteiger partial charge on any atom is 0.328 e. The Morgan fingerprint density at radius 2 is 2.00 bits per heavy atom. The van der Waals surface area contributed by atoms with Crippen molar-refractivity contribution in [1.82, 2.24) is 5.32 Å². The molecule has 1 atom stereocenters. The Labute approximate surface area is 119 Å². The molecule has 0 bridgehead atoms. The van der Waals surface area contributed by atoms with E-state index in [9.17, 15) is 9.59 Å². The smallest absolute Gasteiger partial charge is 0.328 e. The molecule has 0 aliphatic carbocycles. The number of methoxy groups -OCH3 is 1. The first kappa shape index (κ1) is 15.0. The van der Waals surface area contributed by atoms with Crippen LogP contribution in [0.1, 0.15) is 6.92 Å². The number of carbonyl (C=O) groups excluding carboxylic acids is 2. The fourth-order valence-electron chi connectivity index (χ4n) is 1.20. The monoisotopic (exact) mass is 331 g/mol. The second-order valence-electron chi connectivity index (χ2n) is 3.55. The second kappa shape index (κ2) is 7.43. The summed E-state index contributed by atoms with van der Waals surface area (Å²) in [5.74, 6) is -0.374. The molecule has 6 heteroatoms. The standard InChI is InChI=1S/C12H14BrNO3S/c1-8(12(16)17-2)14-11(15)7-18-10-5-3-9(13)4-6-10/h3-6,8H,7H2,1-2H3,(H,14,15). The van der Waals surface area contributed by atoms with Gasteiger partial charge in [0.25, 0.3) is 0 Å². The molecule has 18 heavy (non-hydrogen) atoms. The van der Waals surface area contributed by atoms with E-state index in [4.69, 9.17) is 0 Å². The molecule has 0 saturated carbocycles. The minimum absolute atomic E-state index is 0.194. The molecule has 0 fully saturated rings. The molecule has 0 aliphatic heterocycles. The molecular weight excluding hydrogens is 318 g/mol. The number of rotatable bonds is 5. The van der Waals surface area contributed by atoms with E-state index in [1.54, 1.807) is 6.92 Å². The van der Waals surface area contributed by atoms with Crippen molar-refractivity contribution in [2.45, 2.75) is 17.9 Å². The van der Waals surface area contributed by atoms with Gasteiger partial charge in [0.05, 0.1) is 12.9 Å². The molecule has 1 aromatic rings.